The van der Waals surface area contributed by atoms with E-state index in [9.17, 15) is 4.79 Å². The van der Waals surface area contributed by atoms with E-state index in [1.165, 1.54) is 18.3 Å². The Morgan fingerprint density at radius 3 is 2.65 bits per heavy atom. The van der Waals surface area contributed by atoms with Gasteiger partial charge in [0, 0.05) is 13.5 Å². The topological polar surface area (TPSA) is 64.3 Å². The van der Waals surface area contributed by atoms with Gasteiger partial charge in [-0.25, -0.2) is 0 Å². The average Bonchev–Trinajstić information content (AvgIpc) is 2.54. The molecule has 1 rings (SSSR count). The van der Waals surface area contributed by atoms with Gasteiger partial charge in [-0.3, -0.25) is 4.79 Å². The Morgan fingerprint density at radius 1 is 1.53 bits per heavy atom. The number of carbonyl (C=O) groups excluding carboxylic acids is 1. The van der Waals surface area contributed by atoms with Crippen molar-refractivity contribution in [3.05, 3.63) is 4.88 Å². The molecule has 0 aliphatic carbocycles. The third-order valence-corrected chi connectivity index (χ3v) is 3.68. The Labute approximate surface area is 106 Å². The van der Waals surface area contributed by atoms with Crippen molar-refractivity contribution in [3.8, 4) is 5.75 Å². The summed E-state index contributed by atoms with van der Waals surface area (Å²) in [7, 11) is 1.57. The van der Waals surface area contributed by atoms with Crippen LogP contribution in [0, 0.1) is 5.92 Å². The first-order valence-electron chi connectivity index (χ1n) is 5.68. The summed E-state index contributed by atoms with van der Waals surface area (Å²) in [6.07, 6.45) is 1.07. The van der Waals surface area contributed by atoms with Gasteiger partial charge < -0.3 is 15.8 Å². The number of nitrogen functional groups attached to an aromatic ring is 1. The molecular weight excluding hydrogens is 236 g/mol. The maximum absolute atomic E-state index is 11.4. The van der Waals surface area contributed by atoms with Crippen LogP contribution >= 0.6 is 11.3 Å². The molecule has 1 heterocycles. The summed E-state index contributed by atoms with van der Waals surface area (Å²) >= 11 is 1.36. The molecule has 0 amide bonds. The largest absolute Gasteiger partial charge is 0.492 e. The molecule has 0 radical (unpaired) electrons. The van der Waals surface area contributed by atoms with E-state index in [0.29, 0.717) is 22.2 Å². The zero-order valence-electron chi connectivity index (χ0n) is 10.8. The van der Waals surface area contributed by atoms with Crippen molar-refractivity contribution in [1.29, 1.82) is 0 Å². The fourth-order valence-corrected chi connectivity index (χ4v) is 2.49. The maximum atomic E-state index is 11.4. The van der Waals surface area contributed by atoms with Gasteiger partial charge in [0.25, 0.3) is 0 Å². The van der Waals surface area contributed by atoms with E-state index in [-0.39, 0.29) is 5.78 Å². The maximum Gasteiger partial charge on any atom is 0.176 e. The Morgan fingerprint density at radius 2 is 2.18 bits per heavy atom. The molecule has 0 aliphatic rings. The first-order valence-corrected chi connectivity index (χ1v) is 6.50. The highest BCUT2D eigenvalue weighted by molar-refractivity contribution is 7.19. The monoisotopic (exact) mass is 256 g/mol. The van der Waals surface area contributed by atoms with E-state index in [1.54, 1.807) is 7.11 Å². The fraction of sp³-hybridized carbons (Fsp3) is 0.583. The Kier molecular flexibility index (Phi) is 4.81. The van der Waals surface area contributed by atoms with Gasteiger partial charge in [-0.2, -0.15) is 0 Å². The molecule has 3 N–H and O–H groups in total. The second-order valence-corrected chi connectivity index (χ2v) is 5.39. The summed E-state index contributed by atoms with van der Waals surface area (Å²) in [6.45, 7) is 6.70. The van der Waals surface area contributed by atoms with Crippen LogP contribution in [0.5, 0.6) is 5.75 Å². The number of methoxy groups -OCH3 is 1. The van der Waals surface area contributed by atoms with Crippen molar-refractivity contribution in [3.63, 3.8) is 0 Å². The van der Waals surface area contributed by atoms with Crippen LogP contribution in [0.15, 0.2) is 0 Å². The molecule has 1 aromatic rings. The van der Waals surface area contributed by atoms with Gasteiger partial charge in [0.05, 0.1) is 17.7 Å². The lowest BCUT2D eigenvalue weighted by Gasteiger charge is -2.08. The Bertz CT molecular complexity index is 399. The van der Waals surface area contributed by atoms with E-state index in [4.69, 9.17) is 10.5 Å². The number of nitrogens with two attached hydrogens (primary N) is 1. The molecule has 96 valence electrons. The summed E-state index contributed by atoms with van der Waals surface area (Å²) < 4.78 is 5.24. The van der Waals surface area contributed by atoms with Crippen LogP contribution in [0.25, 0.3) is 0 Å². The van der Waals surface area contributed by atoms with Crippen LogP contribution in [0.2, 0.25) is 0 Å². The quantitative estimate of drug-likeness (QED) is 0.768. The zero-order chi connectivity index (χ0) is 13.0. The van der Waals surface area contributed by atoms with Crippen molar-refractivity contribution < 1.29 is 9.53 Å². The first kappa shape index (κ1) is 13.8. The molecule has 0 saturated heterocycles. The van der Waals surface area contributed by atoms with Crippen LogP contribution in [-0.2, 0) is 0 Å². The predicted octanol–water partition coefficient (Wildman–Crippen LogP) is 3.00. The summed E-state index contributed by atoms with van der Waals surface area (Å²) in [5.41, 5.74) is 6.31. The normalized spacial score (nSPS) is 10.6. The molecule has 0 bridgehead atoms. The molecule has 0 unspecified atom stereocenters. The number of rotatable bonds is 6. The number of ether oxygens (including phenoxy) is 1. The second-order valence-electron chi connectivity index (χ2n) is 4.37. The van der Waals surface area contributed by atoms with Gasteiger partial charge in [-0.15, -0.1) is 11.3 Å². The SMILES string of the molecule is COc1c(NCCC(C)C)sc(C(C)=O)c1N. The van der Waals surface area contributed by atoms with Crippen LogP contribution in [0.4, 0.5) is 10.7 Å². The van der Waals surface area contributed by atoms with E-state index >= 15 is 0 Å². The van der Waals surface area contributed by atoms with Crippen LogP contribution in [0.1, 0.15) is 36.9 Å². The molecule has 0 spiro atoms. The van der Waals surface area contributed by atoms with Crippen molar-refractivity contribution in [2.45, 2.75) is 27.2 Å². The summed E-state index contributed by atoms with van der Waals surface area (Å²) in [4.78, 5) is 11.9. The van der Waals surface area contributed by atoms with E-state index in [2.05, 4.69) is 19.2 Å². The van der Waals surface area contributed by atoms with E-state index in [0.717, 1.165) is 18.0 Å². The number of ketones is 1. The van der Waals surface area contributed by atoms with Gasteiger partial charge in [-0.1, -0.05) is 13.8 Å². The predicted molar refractivity (Wildman–Crippen MR) is 73.2 cm³/mol. The standard InChI is InChI=1S/C12H20N2O2S/c1-7(2)5-6-14-12-10(16-4)9(13)11(17-12)8(3)15/h7,14H,5-6,13H2,1-4H3. The Balaban J connectivity index is 2.84. The number of anilines is 2. The highest BCUT2D eigenvalue weighted by Gasteiger charge is 2.19. The third-order valence-electron chi connectivity index (χ3n) is 2.43. The van der Waals surface area contributed by atoms with Crippen molar-refractivity contribution >= 4 is 27.8 Å². The van der Waals surface area contributed by atoms with Crippen molar-refractivity contribution in [2.24, 2.45) is 5.92 Å². The minimum atomic E-state index is -0.0253. The van der Waals surface area contributed by atoms with Crippen molar-refractivity contribution in [2.75, 3.05) is 24.7 Å². The number of nitrogens with one attached hydrogen (secondary N) is 1. The number of hydrogen-bond donors (Lipinski definition) is 2. The molecule has 4 nitrogen and oxygen atoms in total. The fourth-order valence-electron chi connectivity index (χ4n) is 1.48. The molecule has 1 aromatic heterocycles. The average molecular weight is 256 g/mol. The van der Waals surface area contributed by atoms with Gasteiger partial charge in [0.1, 0.15) is 5.00 Å². The lowest BCUT2D eigenvalue weighted by Crippen LogP contribution is -2.04. The number of hydrogen-bond acceptors (Lipinski definition) is 5. The smallest absolute Gasteiger partial charge is 0.176 e. The second kappa shape index (κ2) is 5.91. The van der Waals surface area contributed by atoms with Gasteiger partial charge in [0.15, 0.2) is 11.5 Å². The number of thiophene rings is 1. The van der Waals surface area contributed by atoms with Gasteiger partial charge in [-0.05, 0) is 12.3 Å². The highest BCUT2D eigenvalue weighted by atomic mass is 32.1. The third kappa shape index (κ3) is 3.36. The molecule has 0 atom stereocenters. The zero-order valence-corrected chi connectivity index (χ0v) is 11.6. The Hall–Kier alpha value is -1.23. The molecule has 0 fully saturated rings. The molecule has 0 aliphatic heterocycles. The summed E-state index contributed by atoms with van der Waals surface area (Å²) in [6, 6.07) is 0. The lowest BCUT2D eigenvalue weighted by atomic mass is 10.1. The van der Waals surface area contributed by atoms with Crippen LogP contribution in [-0.4, -0.2) is 19.4 Å². The molecule has 5 heteroatoms. The molecule has 0 saturated carbocycles. The van der Waals surface area contributed by atoms with E-state index < -0.39 is 0 Å². The number of carbonyl (C=O) groups is 1. The summed E-state index contributed by atoms with van der Waals surface area (Å²) in [5.74, 6) is 1.20. The van der Waals surface area contributed by atoms with Gasteiger partial charge >= 0.3 is 0 Å². The first-order chi connectivity index (χ1) is 7.97. The minimum absolute atomic E-state index is 0.0253. The highest BCUT2D eigenvalue weighted by Crippen LogP contribution is 2.42. The van der Waals surface area contributed by atoms with Crippen molar-refractivity contribution in [1.82, 2.24) is 0 Å². The van der Waals surface area contributed by atoms with Gasteiger partial charge in [0.2, 0.25) is 0 Å². The minimum Gasteiger partial charge on any atom is -0.492 e. The van der Waals surface area contributed by atoms with E-state index in [1.807, 2.05) is 0 Å². The van der Waals surface area contributed by atoms with Crippen LogP contribution in [0.3, 0.4) is 0 Å². The molecular formula is C12H20N2O2S. The molecule has 17 heavy (non-hydrogen) atoms. The van der Waals surface area contributed by atoms with Crippen LogP contribution < -0.4 is 15.8 Å². The lowest BCUT2D eigenvalue weighted by molar-refractivity contribution is 0.102. The number of Topliss-reactive ketones (excluding diaryl/α,β-unsaturated/α-hetero) is 1. The molecule has 0 aromatic carbocycles. The summed E-state index contributed by atoms with van der Waals surface area (Å²) in [5, 5.41) is 4.12.